The van der Waals surface area contributed by atoms with Crippen LogP contribution in [-0.2, 0) is 0 Å². The monoisotopic (exact) mass is 310 g/mol. The van der Waals surface area contributed by atoms with Crippen molar-refractivity contribution < 1.29 is 8.22 Å². The average molecular weight is 311 g/mol. The molecule has 0 amide bonds. The minimum atomic E-state index is -4.08. The van der Waals surface area contributed by atoms with E-state index in [9.17, 15) is 0 Å². The molecule has 110 valence electrons. The molecule has 0 spiro atoms. The van der Waals surface area contributed by atoms with Crippen LogP contribution in [0.15, 0.2) is 66.7 Å². The predicted molar refractivity (Wildman–Crippen MR) is 95.9 cm³/mol. The van der Waals surface area contributed by atoms with E-state index in [4.69, 9.17) is 8.22 Å². The maximum Gasteiger partial charge on any atom is 0.125 e. The van der Waals surface area contributed by atoms with E-state index in [0.29, 0.717) is 11.4 Å². The molecule has 0 saturated carbocycles. The van der Waals surface area contributed by atoms with Gasteiger partial charge in [0.05, 0.1) is 11.4 Å². The summed E-state index contributed by atoms with van der Waals surface area (Å²) in [6.45, 7) is -4.03. The molecule has 0 radical (unpaired) electrons. The Morgan fingerprint density at radius 3 is 1.64 bits per heavy atom. The summed E-state index contributed by atoms with van der Waals surface area (Å²) in [7, 11) is -4.08. The summed E-state index contributed by atoms with van der Waals surface area (Å²) >= 11 is 0. The van der Waals surface area contributed by atoms with Gasteiger partial charge >= 0.3 is 0 Å². The van der Waals surface area contributed by atoms with Crippen LogP contribution in [0.3, 0.4) is 0 Å². The van der Waals surface area contributed by atoms with Crippen molar-refractivity contribution in [3.05, 3.63) is 66.7 Å². The van der Waals surface area contributed by atoms with E-state index in [1.807, 2.05) is 60.7 Å². The fraction of sp³-hybridized carbons (Fsp3) is 0.158. The van der Waals surface area contributed by atoms with E-state index in [2.05, 4.69) is 9.97 Å². The van der Waals surface area contributed by atoms with Gasteiger partial charge in [-0.1, -0.05) is 80.2 Å². The second-order valence-corrected chi connectivity index (χ2v) is 8.02. The van der Waals surface area contributed by atoms with Crippen LogP contribution in [0.25, 0.3) is 22.5 Å². The van der Waals surface area contributed by atoms with Crippen LogP contribution in [0, 0.1) is 0 Å². The van der Waals surface area contributed by atoms with Crippen molar-refractivity contribution in [3.8, 4) is 22.5 Å². The third kappa shape index (κ3) is 3.15. The molecule has 3 aromatic rings. The average Bonchev–Trinajstić information content (AvgIpc) is 2.66. The summed E-state index contributed by atoms with van der Waals surface area (Å²) in [6.07, 6.45) is 0. The van der Waals surface area contributed by atoms with E-state index in [1.54, 1.807) is 6.07 Å². The van der Waals surface area contributed by atoms with Crippen molar-refractivity contribution in [2.24, 2.45) is 0 Å². The van der Waals surface area contributed by atoms with Gasteiger partial charge in [0.2, 0.25) is 0 Å². The number of aromatic nitrogens is 2. The number of hydrogen-bond donors (Lipinski definition) is 0. The zero-order chi connectivity index (χ0) is 20.6. The van der Waals surface area contributed by atoms with Crippen molar-refractivity contribution in [2.75, 3.05) is 0 Å². The molecule has 3 heteroatoms. The van der Waals surface area contributed by atoms with E-state index in [-0.39, 0.29) is 5.45 Å². The van der Waals surface area contributed by atoms with E-state index >= 15 is 0 Å². The summed E-state index contributed by atoms with van der Waals surface area (Å²) in [5.41, 5.74) is 2.49. The molecule has 0 aliphatic rings. The zero-order valence-electron chi connectivity index (χ0n) is 18.2. The summed E-state index contributed by atoms with van der Waals surface area (Å²) in [4.78, 5) is 8.93. The molecular formula is C19H20N2Si. The molecule has 0 N–H and O–H groups in total. The van der Waals surface area contributed by atoms with Gasteiger partial charge in [-0.25, -0.2) is 9.97 Å². The topological polar surface area (TPSA) is 25.8 Å². The Morgan fingerprint density at radius 1 is 0.773 bits per heavy atom. The van der Waals surface area contributed by atoms with Crippen LogP contribution >= 0.6 is 0 Å². The molecule has 0 bridgehead atoms. The van der Waals surface area contributed by atoms with Crippen LogP contribution in [-0.4, -0.2) is 18.0 Å². The molecule has 0 unspecified atom stereocenters. The Hall–Kier alpha value is -2.26. The second kappa shape index (κ2) is 5.85. The Morgan fingerprint density at radius 2 is 1.23 bits per heavy atom. The molecule has 2 nitrogen and oxygen atoms in total. The van der Waals surface area contributed by atoms with Gasteiger partial charge < -0.3 is 0 Å². The molecule has 2 aromatic carbocycles. The summed E-state index contributed by atoms with van der Waals surface area (Å²) < 4.78 is 47.9. The normalized spacial score (nSPS) is 16.6. The van der Waals surface area contributed by atoms with E-state index < -0.39 is 21.0 Å². The van der Waals surface area contributed by atoms with Crippen LogP contribution in [0.1, 0.15) is 8.22 Å². The Labute approximate surface area is 141 Å². The highest BCUT2D eigenvalue weighted by Crippen LogP contribution is 2.22. The van der Waals surface area contributed by atoms with Crippen LogP contribution in [0.2, 0.25) is 19.5 Å². The molecule has 0 aliphatic heterocycles. The quantitative estimate of drug-likeness (QED) is 0.672. The highest BCUT2D eigenvalue weighted by atomic mass is 28.3. The van der Waals surface area contributed by atoms with Gasteiger partial charge in [-0.15, -0.1) is 0 Å². The maximum absolute atomic E-state index is 7.98. The van der Waals surface area contributed by atoms with Crippen LogP contribution in [0.4, 0.5) is 0 Å². The molecule has 0 aliphatic carbocycles. The van der Waals surface area contributed by atoms with Crippen LogP contribution < -0.4 is 5.45 Å². The lowest BCUT2D eigenvalue weighted by molar-refractivity contribution is 1.22. The van der Waals surface area contributed by atoms with Gasteiger partial charge in [-0.3, -0.25) is 0 Å². The Kier molecular flexibility index (Phi) is 2.40. The van der Waals surface area contributed by atoms with Crippen molar-refractivity contribution in [1.29, 1.82) is 0 Å². The Bertz CT molecular complexity index is 884. The smallest absolute Gasteiger partial charge is 0.125 e. The van der Waals surface area contributed by atoms with Gasteiger partial charge in [0.15, 0.2) is 0 Å². The van der Waals surface area contributed by atoms with E-state index in [1.165, 1.54) is 6.55 Å². The minimum absolute atomic E-state index is 0.0762. The van der Waals surface area contributed by atoms with Crippen molar-refractivity contribution in [1.82, 2.24) is 9.97 Å². The lowest BCUT2D eigenvalue weighted by Gasteiger charge is -2.17. The number of nitrogens with zero attached hydrogens (tertiary/aromatic N) is 2. The van der Waals surface area contributed by atoms with Crippen molar-refractivity contribution in [2.45, 2.75) is 19.5 Å². The van der Waals surface area contributed by atoms with E-state index in [0.717, 1.165) is 11.1 Å². The first-order valence-electron chi connectivity index (χ1n) is 10.0. The SMILES string of the molecule is [2H]C([2H])([2H])[Si](C)(c1nc(-c2ccccc2)cc(-c2ccccc2)n1)C([2H])([2H])[2H]. The molecule has 1 aromatic heterocycles. The van der Waals surface area contributed by atoms with Gasteiger partial charge in [-0.05, 0) is 6.07 Å². The second-order valence-electron chi connectivity index (χ2n) is 5.32. The van der Waals surface area contributed by atoms with Crippen molar-refractivity contribution in [3.63, 3.8) is 0 Å². The van der Waals surface area contributed by atoms with Crippen LogP contribution in [0.5, 0.6) is 0 Å². The highest BCUT2D eigenvalue weighted by molar-refractivity contribution is 6.87. The molecule has 0 fully saturated rings. The third-order valence-electron chi connectivity index (χ3n) is 3.31. The highest BCUT2D eigenvalue weighted by Gasteiger charge is 2.22. The molecule has 0 atom stereocenters. The Balaban J connectivity index is 2.32. The lowest BCUT2D eigenvalue weighted by Crippen LogP contribution is -2.42. The number of rotatable bonds is 3. The van der Waals surface area contributed by atoms with Gasteiger partial charge in [0.25, 0.3) is 0 Å². The molecule has 1 heterocycles. The zero-order valence-corrected chi connectivity index (χ0v) is 13.2. The van der Waals surface area contributed by atoms with Gasteiger partial charge in [-0.2, -0.15) is 0 Å². The maximum atomic E-state index is 7.98. The standard InChI is InChI=1S/C19H20N2Si/c1-22(2,3)19-20-17(15-10-6-4-7-11-15)14-18(21-19)16-12-8-5-9-13-16/h4-14H,1-3H3/i1D3,2D3. The third-order valence-corrected chi connectivity index (χ3v) is 4.43. The molecular weight excluding hydrogens is 284 g/mol. The lowest BCUT2D eigenvalue weighted by atomic mass is 10.1. The first kappa shape index (κ1) is 9.01. The fourth-order valence-corrected chi connectivity index (χ4v) is 2.87. The first-order valence-corrected chi connectivity index (χ1v) is 9.54. The summed E-state index contributed by atoms with van der Waals surface area (Å²) in [6, 6.07) is 20.3. The van der Waals surface area contributed by atoms with Gasteiger partial charge in [0.1, 0.15) is 13.5 Å². The minimum Gasteiger partial charge on any atom is -0.238 e. The largest absolute Gasteiger partial charge is 0.238 e. The number of benzene rings is 2. The first-order chi connectivity index (χ1) is 13.0. The summed E-state index contributed by atoms with van der Waals surface area (Å²) in [5, 5.41) is 0. The molecule has 0 saturated heterocycles. The fourth-order valence-electron chi connectivity index (χ4n) is 2.18. The summed E-state index contributed by atoms with van der Waals surface area (Å²) in [5.74, 6) is 0. The number of hydrogen-bond acceptors (Lipinski definition) is 2. The predicted octanol–water partition coefficient (Wildman–Crippen LogP) is 4.36. The van der Waals surface area contributed by atoms with Crippen molar-refractivity contribution >= 4 is 13.5 Å². The van der Waals surface area contributed by atoms with Gasteiger partial charge in [0, 0.05) is 19.4 Å². The molecule has 22 heavy (non-hydrogen) atoms. The molecule has 3 rings (SSSR count).